The Morgan fingerprint density at radius 3 is 2.29 bits per heavy atom. The maximum atomic E-state index is 13.0. The molecule has 1 aromatic heterocycles. The highest BCUT2D eigenvalue weighted by Crippen LogP contribution is 2.20. The van der Waals surface area contributed by atoms with Gasteiger partial charge in [-0.1, -0.05) is 11.8 Å². The Kier molecular flexibility index (Phi) is 3.19. The van der Waals surface area contributed by atoms with Crippen molar-refractivity contribution in [2.45, 2.75) is 5.16 Å². The fourth-order valence-electron chi connectivity index (χ4n) is 1.28. The summed E-state index contributed by atoms with van der Waals surface area (Å²) in [6, 6.07) is 3.06. The molecule has 0 atom stereocenters. The van der Waals surface area contributed by atoms with Gasteiger partial charge in [-0.15, -0.1) is 0 Å². The minimum atomic E-state index is -0.690. The lowest BCUT2D eigenvalue weighted by Gasteiger charge is -2.03. The average Bonchev–Trinajstić information content (AvgIpc) is 2.26. The summed E-state index contributed by atoms with van der Waals surface area (Å²) in [5, 5.41) is 0.400. The van der Waals surface area contributed by atoms with Crippen LogP contribution in [0, 0.1) is 11.6 Å². The van der Waals surface area contributed by atoms with Crippen molar-refractivity contribution in [1.82, 2.24) is 15.0 Å². The lowest BCUT2D eigenvalue weighted by atomic mass is 10.2. The second kappa shape index (κ2) is 4.62. The van der Waals surface area contributed by atoms with Crippen molar-refractivity contribution >= 4 is 17.7 Å². The van der Waals surface area contributed by atoms with Gasteiger partial charge >= 0.3 is 0 Å². The smallest absolute Gasteiger partial charge is 0.224 e. The van der Waals surface area contributed by atoms with Crippen molar-refractivity contribution in [1.29, 1.82) is 0 Å². The Morgan fingerprint density at radius 2 is 1.71 bits per heavy atom. The van der Waals surface area contributed by atoms with Crippen LogP contribution in [0.2, 0.25) is 0 Å². The first-order valence-electron chi connectivity index (χ1n) is 4.60. The zero-order valence-corrected chi connectivity index (χ0v) is 9.63. The number of nitrogens with two attached hydrogens (primary N) is 1. The molecule has 0 saturated heterocycles. The summed E-state index contributed by atoms with van der Waals surface area (Å²) in [4.78, 5) is 11.7. The van der Waals surface area contributed by atoms with Gasteiger partial charge in [-0.05, 0) is 18.4 Å². The molecule has 88 valence electrons. The van der Waals surface area contributed by atoms with E-state index in [0.29, 0.717) is 5.16 Å². The molecule has 0 radical (unpaired) electrons. The Bertz CT molecular complexity index is 542. The first-order valence-corrected chi connectivity index (χ1v) is 5.83. The van der Waals surface area contributed by atoms with Crippen LogP contribution >= 0.6 is 11.8 Å². The van der Waals surface area contributed by atoms with Crippen molar-refractivity contribution in [3.63, 3.8) is 0 Å². The van der Waals surface area contributed by atoms with E-state index < -0.39 is 11.6 Å². The monoisotopic (exact) mass is 254 g/mol. The van der Waals surface area contributed by atoms with Crippen LogP contribution in [-0.4, -0.2) is 21.2 Å². The van der Waals surface area contributed by atoms with Crippen LogP contribution in [0.4, 0.5) is 14.7 Å². The van der Waals surface area contributed by atoms with Crippen LogP contribution in [-0.2, 0) is 0 Å². The van der Waals surface area contributed by atoms with E-state index in [1.807, 2.05) is 0 Å². The minimum absolute atomic E-state index is 0.0176. The van der Waals surface area contributed by atoms with E-state index in [-0.39, 0.29) is 17.3 Å². The normalized spacial score (nSPS) is 10.5. The maximum Gasteiger partial charge on any atom is 0.224 e. The zero-order valence-electron chi connectivity index (χ0n) is 8.82. The third-order valence-corrected chi connectivity index (χ3v) is 2.48. The van der Waals surface area contributed by atoms with Gasteiger partial charge in [-0.2, -0.15) is 9.97 Å². The van der Waals surface area contributed by atoms with E-state index in [4.69, 9.17) is 5.73 Å². The first-order chi connectivity index (χ1) is 8.08. The number of anilines is 1. The molecule has 0 aliphatic rings. The third kappa shape index (κ3) is 2.68. The number of benzene rings is 1. The molecule has 4 nitrogen and oxygen atoms in total. The molecule has 0 bridgehead atoms. The lowest BCUT2D eigenvalue weighted by molar-refractivity contribution is 0.584. The van der Waals surface area contributed by atoms with Gasteiger partial charge in [0.1, 0.15) is 11.6 Å². The van der Waals surface area contributed by atoms with E-state index in [1.54, 1.807) is 6.26 Å². The predicted octanol–water partition coefficient (Wildman–Crippen LogP) is 2.12. The second-order valence-corrected chi connectivity index (χ2v) is 3.94. The Labute approximate surface area is 100 Å². The van der Waals surface area contributed by atoms with E-state index in [0.717, 1.165) is 18.2 Å². The number of hydrogen-bond donors (Lipinski definition) is 1. The lowest BCUT2D eigenvalue weighted by Crippen LogP contribution is -2.01. The number of nitrogens with zero attached hydrogens (tertiary/aromatic N) is 3. The van der Waals surface area contributed by atoms with Gasteiger partial charge in [-0.25, -0.2) is 13.8 Å². The topological polar surface area (TPSA) is 64.7 Å². The summed E-state index contributed by atoms with van der Waals surface area (Å²) in [7, 11) is 0. The summed E-state index contributed by atoms with van der Waals surface area (Å²) in [6.07, 6.45) is 1.77. The van der Waals surface area contributed by atoms with E-state index in [9.17, 15) is 8.78 Å². The largest absolute Gasteiger partial charge is 0.368 e. The van der Waals surface area contributed by atoms with Gasteiger partial charge in [0.05, 0.1) is 0 Å². The number of thioether (sulfide) groups is 1. The molecule has 1 aromatic carbocycles. The molecule has 2 aromatic rings. The van der Waals surface area contributed by atoms with Crippen LogP contribution in [0.1, 0.15) is 0 Å². The summed E-state index contributed by atoms with van der Waals surface area (Å²) in [5.41, 5.74) is 5.71. The van der Waals surface area contributed by atoms with Gasteiger partial charge < -0.3 is 5.73 Å². The second-order valence-electron chi connectivity index (χ2n) is 3.16. The Balaban J connectivity index is 2.55. The summed E-state index contributed by atoms with van der Waals surface area (Å²) < 4.78 is 26.1. The number of aromatic nitrogens is 3. The summed E-state index contributed by atoms with van der Waals surface area (Å²) in [5.74, 6) is -1.21. The van der Waals surface area contributed by atoms with Crippen molar-refractivity contribution < 1.29 is 8.78 Å². The van der Waals surface area contributed by atoms with Crippen LogP contribution in [0.3, 0.4) is 0 Å². The van der Waals surface area contributed by atoms with Crippen LogP contribution in [0.5, 0.6) is 0 Å². The van der Waals surface area contributed by atoms with Gasteiger partial charge in [0, 0.05) is 11.6 Å². The highest BCUT2D eigenvalue weighted by atomic mass is 32.2. The summed E-state index contributed by atoms with van der Waals surface area (Å²) in [6.45, 7) is 0. The minimum Gasteiger partial charge on any atom is -0.368 e. The van der Waals surface area contributed by atoms with Crippen molar-refractivity contribution in [3.05, 3.63) is 29.8 Å². The van der Waals surface area contributed by atoms with Gasteiger partial charge in [0.25, 0.3) is 0 Å². The van der Waals surface area contributed by atoms with E-state index in [2.05, 4.69) is 15.0 Å². The quantitative estimate of drug-likeness (QED) is 0.831. The molecular weight excluding hydrogens is 246 g/mol. The molecule has 0 unspecified atom stereocenters. The molecule has 0 amide bonds. The zero-order chi connectivity index (χ0) is 12.4. The van der Waals surface area contributed by atoms with Crippen LogP contribution < -0.4 is 5.73 Å². The SMILES string of the molecule is CSc1nc(N)nc(-c2cc(F)cc(F)c2)n1. The highest BCUT2D eigenvalue weighted by Gasteiger charge is 2.09. The molecule has 2 rings (SSSR count). The molecule has 0 aliphatic carbocycles. The predicted molar refractivity (Wildman–Crippen MR) is 61.4 cm³/mol. The summed E-state index contributed by atoms with van der Waals surface area (Å²) >= 11 is 1.27. The van der Waals surface area contributed by atoms with Crippen molar-refractivity contribution in [2.24, 2.45) is 0 Å². The number of nitrogen functional groups attached to an aromatic ring is 1. The van der Waals surface area contributed by atoms with Gasteiger partial charge in [0.2, 0.25) is 5.95 Å². The van der Waals surface area contributed by atoms with Crippen LogP contribution in [0.25, 0.3) is 11.4 Å². The Morgan fingerprint density at radius 1 is 1.06 bits per heavy atom. The molecule has 17 heavy (non-hydrogen) atoms. The first kappa shape index (κ1) is 11.7. The molecular formula is C10H8F2N4S. The van der Waals surface area contributed by atoms with Crippen molar-refractivity contribution in [3.8, 4) is 11.4 Å². The average molecular weight is 254 g/mol. The molecule has 0 aliphatic heterocycles. The maximum absolute atomic E-state index is 13.0. The molecule has 0 fully saturated rings. The third-order valence-electron chi connectivity index (χ3n) is 1.94. The molecule has 1 heterocycles. The fourth-order valence-corrected chi connectivity index (χ4v) is 1.64. The molecule has 2 N–H and O–H groups in total. The fraction of sp³-hybridized carbons (Fsp3) is 0.100. The van der Waals surface area contributed by atoms with Crippen LogP contribution in [0.15, 0.2) is 23.4 Å². The number of hydrogen-bond acceptors (Lipinski definition) is 5. The van der Waals surface area contributed by atoms with E-state index in [1.165, 1.54) is 11.8 Å². The Hall–Kier alpha value is -1.76. The standard InChI is InChI=1S/C10H8F2N4S/c1-17-10-15-8(14-9(13)16-10)5-2-6(11)4-7(12)3-5/h2-4H,1H3,(H2,13,14,15,16). The molecule has 0 spiro atoms. The van der Waals surface area contributed by atoms with Gasteiger partial charge in [-0.3, -0.25) is 0 Å². The highest BCUT2D eigenvalue weighted by molar-refractivity contribution is 7.98. The molecule has 0 saturated carbocycles. The van der Waals surface area contributed by atoms with E-state index >= 15 is 0 Å². The number of rotatable bonds is 2. The van der Waals surface area contributed by atoms with Crippen molar-refractivity contribution in [2.75, 3.05) is 12.0 Å². The molecule has 7 heteroatoms. The number of halogens is 2. The van der Waals surface area contributed by atoms with Gasteiger partial charge in [0.15, 0.2) is 11.0 Å².